The molecule has 0 aromatic heterocycles. The van der Waals surface area contributed by atoms with Crippen LogP contribution in [-0.2, 0) is 9.84 Å². The Morgan fingerprint density at radius 2 is 0.689 bits per heavy atom. The molecule has 256 valence electrons. The zero-order chi connectivity index (χ0) is 35.1. The minimum absolute atomic E-state index is 0.412. The molecule has 45 heavy (non-hydrogen) atoms. The molecule has 2 rings (SSSR count). The molecule has 0 aliphatic rings. The van der Waals surface area contributed by atoms with Gasteiger partial charge in [0.15, 0.2) is 46.5 Å². The van der Waals surface area contributed by atoms with Crippen molar-refractivity contribution in [2.75, 3.05) is 11.5 Å². The molecule has 0 heterocycles. The lowest BCUT2D eigenvalue weighted by molar-refractivity contribution is -0.284. The Morgan fingerprint density at radius 3 is 0.911 bits per heavy atom. The molecule has 0 fully saturated rings. The molecular weight excluding hydrogens is 734 g/mol. The summed E-state index contributed by atoms with van der Waals surface area (Å²) >= 11 is -0.824. The largest absolute Gasteiger partial charge is 0.453 e. The second-order valence-electron chi connectivity index (χ2n) is 8.64. The zero-order valence-electron chi connectivity index (χ0n) is 21.1. The first-order valence-corrected chi connectivity index (χ1v) is 14.8. The molecular formula is C22H12F18O2S3. The monoisotopic (exact) mass is 746 g/mol. The van der Waals surface area contributed by atoms with Crippen molar-refractivity contribution in [3.63, 3.8) is 0 Å². The predicted octanol–water partition coefficient (Wildman–Crippen LogP) is 9.77. The summed E-state index contributed by atoms with van der Waals surface area (Å²) in [4.78, 5) is -9.34. The second-order valence-corrected chi connectivity index (χ2v) is 12.7. The van der Waals surface area contributed by atoms with Crippen molar-refractivity contribution in [2.24, 2.45) is 0 Å². The van der Waals surface area contributed by atoms with Crippen molar-refractivity contribution in [3.8, 4) is 0 Å². The summed E-state index contributed by atoms with van der Waals surface area (Å²) in [6.07, 6.45) is -18.3. The van der Waals surface area contributed by atoms with E-state index in [1.54, 1.807) is 0 Å². The highest BCUT2D eigenvalue weighted by molar-refractivity contribution is 7.99. The average Bonchev–Trinajstić information content (AvgIpc) is 2.88. The van der Waals surface area contributed by atoms with E-state index >= 15 is 0 Å². The highest BCUT2D eigenvalue weighted by Crippen LogP contribution is 2.43. The molecule has 0 amide bonds. The van der Waals surface area contributed by atoms with Gasteiger partial charge in [-0.2, -0.15) is 43.9 Å². The fourth-order valence-corrected chi connectivity index (χ4v) is 6.59. The highest BCUT2D eigenvalue weighted by atomic mass is 32.2. The van der Waals surface area contributed by atoms with Gasteiger partial charge >= 0.3 is 24.2 Å². The lowest BCUT2D eigenvalue weighted by Crippen LogP contribution is -2.36. The Hall–Kier alpha value is -2.17. The van der Waals surface area contributed by atoms with Crippen molar-refractivity contribution in [2.45, 2.75) is 69.5 Å². The molecule has 0 N–H and O–H groups in total. The molecule has 23 heteroatoms. The number of sulfone groups is 1. The van der Waals surface area contributed by atoms with Crippen molar-refractivity contribution >= 4 is 33.4 Å². The first-order chi connectivity index (χ1) is 20.2. The quantitative estimate of drug-likeness (QED) is 0.0938. The molecule has 0 bridgehead atoms. The summed E-state index contributed by atoms with van der Waals surface area (Å²) in [5.74, 6) is -35.2. The van der Waals surface area contributed by atoms with Crippen LogP contribution >= 0.6 is 23.5 Å². The van der Waals surface area contributed by atoms with Gasteiger partial charge in [-0.25, -0.2) is 43.5 Å². The van der Waals surface area contributed by atoms with Gasteiger partial charge in [-0.05, 0) is 24.3 Å². The van der Waals surface area contributed by atoms with Crippen LogP contribution in [0.4, 0.5) is 79.0 Å². The number of hydrogen-bond acceptors (Lipinski definition) is 4. The zero-order valence-corrected chi connectivity index (χ0v) is 23.5. The van der Waals surface area contributed by atoms with Gasteiger partial charge in [0.25, 0.3) is 0 Å². The van der Waals surface area contributed by atoms with Crippen LogP contribution in [0.1, 0.15) is 25.7 Å². The van der Waals surface area contributed by atoms with Crippen molar-refractivity contribution in [1.29, 1.82) is 0 Å². The van der Waals surface area contributed by atoms with Crippen LogP contribution in [0, 0.1) is 46.5 Å². The Labute approximate surface area is 248 Å². The normalized spacial score (nSPS) is 13.6. The van der Waals surface area contributed by atoms with Crippen molar-refractivity contribution in [1.82, 2.24) is 0 Å². The second kappa shape index (κ2) is 13.5. The maximum Gasteiger partial charge on any atom is 0.453 e. The Balaban J connectivity index is 2.44. The van der Waals surface area contributed by atoms with E-state index in [0.29, 0.717) is 0 Å². The van der Waals surface area contributed by atoms with Crippen molar-refractivity contribution in [3.05, 3.63) is 46.5 Å². The maximum atomic E-state index is 14.6. The molecule has 2 aromatic rings. The van der Waals surface area contributed by atoms with Crippen LogP contribution < -0.4 is 0 Å². The third-order valence-corrected chi connectivity index (χ3v) is 9.57. The van der Waals surface area contributed by atoms with Crippen LogP contribution in [0.3, 0.4) is 0 Å². The SMILES string of the molecule is O=S(=O)(c1c(F)c(F)c(SCCCC(F)(F)C(F)(F)F)c(F)c1F)c1c(F)c(F)c(SCCCC(F)(F)C(F)(F)F)c(F)c1F. The summed E-state index contributed by atoms with van der Waals surface area (Å²) in [5, 5.41) is 0. The third-order valence-electron chi connectivity index (χ3n) is 5.50. The van der Waals surface area contributed by atoms with Crippen LogP contribution in [0.5, 0.6) is 0 Å². The van der Waals surface area contributed by atoms with Gasteiger partial charge in [-0.3, -0.25) is 0 Å². The molecule has 0 aliphatic heterocycles. The van der Waals surface area contributed by atoms with Crippen LogP contribution in [0.25, 0.3) is 0 Å². The Kier molecular flexibility index (Phi) is 11.7. The highest BCUT2D eigenvalue weighted by Gasteiger charge is 2.57. The number of hydrogen-bond donors (Lipinski definition) is 0. The van der Waals surface area contributed by atoms with E-state index in [0.717, 1.165) is 0 Å². The van der Waals surface area contributed by atoms with E-state index in [2.05, 4.69) is 0 Å². The van der Waals surface area contributed by atoms with Crippen LogP contribution in [-0.4, -0.2) is 44.1 Å². The van der Waals surface area contributed by atoms with E-state index in [1.165, 1.54) is 0 Å². The smallest absolute Gasteiger partial charge is 0.218 e. The maximum absolute atomic E-state index is 14.6. The minimum Gasteiger partial charge on any atom is -0.218 e. The van der Waals surface area contributed by atoms with E-state index in [9.17, 15) is 87.4 Å². The average molecular weight is 747 g/mol. The van der Waals surface area contributed by atoms with Gasteiger partial charge in [-0.15, -0.1) is 23.5 Å². The molecule has 0 radical (unpaired) electrons. The Morgan fingerprint density at radius 1 is 0.444 bits per heavy atom. The lowest BCUT2D eigenvalue weighted by atomic mass is 10.2. The van der Waals surface area contributed by atoms with Gasteiger partial charge in [0, 0.05) is 12.8 Å². The molecule has 2 nitrogen and oxygen atoms in total. The number of halogens is 18. The standard InChI is InChI=1S/C22H12F18O2S3/c23-7-11(27)17(12(28)8(24)15(7)43-5-1-3-19(31,32)21(35,36)37)45(41,42)18-13(29)9(25)16(10(26)14(18)30)44-6-2-4-20(33,34)22(38,39)40/h1-6H2. The van der Waals surface area contributed by atoms with Crippen LogP contribution in [0.2, 0.25) is 0 Å². The van der Waals surface area contributed by atoms with Gasteiger partial charge in [0.05, 0.1) is 9.79 Å². The summed E-state index contributed by atoms with van der Waals surface area (Å²) in [7, 11) is -6.63. The third kappa shape index (κ3) is 7.87. The fraction of sp³-hybridized carbons (Fsp3) is 0.455. The summed E-state index contributed by atoms with van der Waals surface area (Å²) in [5.41, 5.74) is 0. The van der Waals surface area contributed by atoms with Gasteiger partial charge in [-0.1, -0.05) is 0 Å². The predicted molar refractivity (Wildman–Crippen MR) is 120 cm³/mol. The summed E-state index contributed by atoms with van der Waals surface area (Å²) < 4.78 is 267. The van der Waals surface area contributed by atoms with E-state index in [4.69, 9.17) is 0 Å². The molecule has 2 aromatic carbocycles. The summed E-state index contributed by atoms with van der Waals surface area (Å²) in [6, 6.07) is 0. The number of rotatable bonds is 12. The topological polar surface area (TPSA) is 34.1 Å². The van der Waals surface area contributed by atoms with Gasteiger partial charge in [0.1, 0.15) is 9.79 Å². The first-order valence-electron chi connectivity index (χ1n) is 11.3. The van der Waals surface area contributed by atoms with Crippen molar-refractivity contribution < 1.29 is 87.4 Å². The molecule has 0 saturated heterocycles. The van der Waals surface area contributed by atoms with Crippen LogP contribution in [0.15, 0.2) is 19.6 Å². The Bertz CT molecular complexity index is 1370. The molecule has 0 unspecified atom stereocenters. The molecule has 0 saturated carbocycles. The van der Waals surface area contributed by atoms with E-state index in [-0.39, 0.29) is 0 Å². The number of thioether (sulfide) groups is 2. The van der Waals surface area contributed by atoms with Gasteiger partial charge in [0.2, 0.25) is 9.84 Å². The number of alkyl halides is 10. The molecule has 0 spiro atoms. The first kappa shape index (κ1) is 39.0. The minimum atomic E-state index is -6.63. The lowest BCUT2D eigenvalue weighted by Gasteiger charge is -2.19. The molecule has 0 atom stereocenters. The van der Waals surface area contributed by atoms with E-state index in [1.807, 2.05) is 0 Å². The van der Waals surface area contributed by atoms with E-state index < -0.39 is 161 Å². The fourth-order valence-electron chi connectivity index (χ4n) is 3.23. The molecule has 0 aliphatic carbocycles. The summed E-state index contributed by atoms with van der Waals surface area (Å²) in [6.45, 7) is 0. The van der Waals surface area contributed by atoms with Gasteiger partial charge < -0.3 is 0 Å². The number of benzene rings is 2.